The van der Waals surface area contributed by atoms with Crippen LogP contribution >= 0.6 is 11.3 Å². The van der Waals surface area contributed by atoms with Gasteiger partial charge >= 0.3 is 5.97 Å². The number of likely N-dealkylation sites (tertiary alicyclic amines) is 1. The predicted octanol–water partition coefficient (Wildman–Crippen LogP) is 3.16. The van der Waals surface area contributed by atoms with Gasteiger partial charge in [-0.2, -0.15) is 0 Å². The highest BCUT2D eigenvalue weighted by molar-refractivity contribution is 7.14. The number of anilines is 1. The van der Waals surface area contributed by atoms with E-state index in [-0.39, 0.29) is 30.9 Å². The highest BCUT2D eigenvalue weighted by Gasteiger charge is 2.33. The predicted molar refractivity (Wildman–Crippen MR) is 142 cm³/mol. The van der Waals surface area contributed by atoms with E-state index in [2.05, 4.69) is 18.2 Å². The van der Waals surface area contributed by atoms with Crippen molar-refractivity contribution in [3.63, 3.8) is 0 Å². The van der Waals surface area contributed by atoms with E-state index >= 15 is 0 Å². The molecule has 9 heteroatoms. The molecule has 0 aliphatic carbocycles. The molecule has 1 fully saturated rings. The molecule has 2 amide bonds. The number of fused-ring (bicyclic) bond motifs is 1. The van der Waals surface area contributed by atoms with Crippen molar-refractivity contribution in [2.24, 2.45) is 5.73 Å². The van der Waals surface area contributed by atoms with E-state index in [1.807, 2.05) is 39.4 Å². The van der Waals surface area contributed by atoms with Gasteiger partial charge in [0.1, 0.15) is 6.04 Å². The van der Waals surface area contributed by atoms with Crippen molar-refractivity contribution in [3.05, 3.63) is 65.5 Å². The molecule has 1 aromatic heterocycles. The first kappa shape index (κ1) is 25.8. The number of rotatable bonds is 10. The van der Waals surface area contributed by atoms with Gasteiger partial charge in [-0.15, -0.1) is 11.3 Å². The molecule has 190 valence electrons. The maximum atomic E-state index is 13.6. The van der Waals surface area contributed by atoms with Gasteiger partial charge in [-0.25, -0.2) is 4.79 Å². The number of aliphatic carboxylic acids is 1. The summed E-state index contributed by atoms with van der Waals surface area (Å²) in [4.78, 5) is 43.1. The summed E-state index contributed by atoms with van der Waals surface area (Å²) in [6, 6.07) is 16.7. The van der Waals surface area contributed by atoms with Crippen molar-refractivity contribution in [2.45, 2.75) is 38.4 Å². The SMILES string of the molecule is C[C@@H](C(=O)O)N(C(=O)CN(Cc1cccc2ccccc12)C[C@@H]1CCCN1C(=O)CN)c1cccs1. The lowest BCUT2D eigenvalue weighted by Crippen LogP contribution is -2.50. The van der Waals surface area contributed by atoms with Crippen LogP contribution in [0.2, 0.25) is 0 Å². The zero-order valence-electron chi connectivity index (χ0n) is 20.4. The van der Waals surface area contributed by atoms with E-state index in [4.69, 9.17) is 5.73 Å². The Morgan fingerprint density at radius 3 is 2.64 bits per heavy atom. The normalized spacial score (nSPS) is 16.4. The largest absolute Gasteiger partial charge is 0.480 e. The number of nitrogens with two attached hydrogens (primary N) is 1. The molecule has 1 aliphatic heterocycles. The summed E-state index contributed by atoms with van der Waals surface area (Å²) >= 11 is 1.33. The van der Waals surface area contributed by atoms with E-state index in [0.29, 0.717) is 24.6 Å². The maximum Gasteiger partial charge on any atom is 0.326 e. The van der Waals surface area contributed by atoms with Crippen molar-refractivity contribution >= 4 is 44.9 Å². The fourth-order valence-corrected chi connectivity index (χ4v) is 5.77. The molecule has 4 rings (SSSR count). The lowest BCUT2D eigenvalue weighted by Gasteiger charge is -2.33. The van der Waals surface area contributed by atoms with Gasteiger partial charge in [-0.1, -0.05) is 42.5 Å². The van der Waals surface area contributed by atoms with Crippen LogP contribution in [0, 0.1) is 0 Å². The van der Waals surface area contributed by atoms with Crippen molar-refractivity contribution < 1.29 is 19.5 Å². The molecule has 0 saturated carbocycles. The molecular weight excluding hydrogens is 476 g/mol. The lowest BCUT2D eigenvalue weighted by molar-refractivity contribution is -0.140. The molecule has 0 radical (unpaired) electrons. The molecule has 1 aliphatic rings. The Morgan fingerprint density at radius 1 is 1.14 bits per heavy atom. The van der Waals surface area contributed by atoms with Crippen LogP contribution in [0.3, 0.4) is 0 Å². The van der Waals surface area contributed by atoms with Gasteiger partial charge < -0.3 is 15.7 Å². The van der Waals surface area contributed by atoms with Crippen LogP contribution in [0.5, 0.6) is 0 Å². The maximum absolute atomic E-state index is 13.6. The monoisotopic (exact) mass is 508 g/mol. The van der Waals surface area contributed by atoms with E-state index in [1.54, 1.807) is 12.1 Å². The number of hydrogen-bond donors (Lipinski definition) is 2. The van der Waals surface area contributed by atoms with Crippen molar-refractivity contribution in [1.29, 1.82) is 0 Å². The first-order chi connectivity index (χ1) is 17.4. The number of amides is 2. The lowest BCUT2D eigenvalue weighted by atomic mass is 10.0. The third kappa shape index (κ3) is 5.75. The zero-order valence-corrected chi connectivity index (χ0v) is 21.2. The second-order valence-corrected chi connectivity index (χ2v) is 10.1. The van der Waals surface area contributed by atoms with Crippen molar-refractivity contribution in [2.75, 3.05) is 31.1 Å². The Hall–Kier alpha value is -3.27. The van der Waals surface area contributed by atoms with Gasteiger partial charge in [0.05, 0.1) is 18.1 Å². The quantitative estimate of drug-likeness (QED) is 0.436. The second kappa shape index (κ2) is 11.6. The van der Waals surface area contributed by atoms with Crippen molar-refractivity contribution in [1.82, 2.24) is 9.80 Å². The standard InChI is InChI=1S/C27H32N4O4S/c1-19(27(34)35)31(26-12-6-14-36-26)25(33)18-29(17-22-10-5-13-30(22)24(32)15-28)16-21-9-4-8-20-7-2-3-11-23(20)21/h2-4,6-9,11-12,14,19,22H,5,10,13,15-18,28H2,1H3,(H,34,35)/t19-,22-/m0/s1. The number of carbonyl (C=O) groups excluding carboxylic acids is 2. The Balaban J connectivity index is 1.63. The number of thiophene rings is 1. The highest BCUT2D eigenvalue weighted by Crippen LogP contribution is 2.26. The van der Waals surface area contributed by atoms with Crippen LogP contribution in [-0.2, 0) is 20.9 Å². The Kier molecular flexibility index (Phi) is 8.35. The minimum absolute atomic E-state index is 0.0277. The first-order valence-electron chi connectivity index (χ1n) is 12.2. The van der Waals surface area contributed by atoms with Gasteiger partial charge in [-0.05, 0) is 53.6 Å². The minimum atomic E-state index is -1.06. The fraction of sp³-hybridized carbons (Fsp3) is 0.370. The van der Waals surface area contributed by atoms with Gasteiger partial charge in [0.15, 0.2) is 0 Å². The zero-order chi connectivity index (χ0) is 25.7. The molecule has 36 heavy (non-hydrogen) atoms. The number of carbonyl (C=O) groups is 3. The van der Waals surface area contributed by atoms with E-state index in [1.165, 1.54) is 23.2 Å². The summed E-state index contributed by atoms with van der Waals surface area (Å²) in [6.45, 7) is 3.16. The summed E-state index contributed by atoms with van der Waals surface area (Å²) in [5, 5.41) is 14.3. The number of benzene rings is 2. The topological polar surface area (TPSA) is 107 Å². The molecule has 3 aromatic rings. The third-order valence-corrected chi connectivity index (χ3v) is 7.60. The molecule has 1 saturated heterocycles. The molecule has 8 nitrogen and oxygen atoms in total. The summed E-state index contributed by atoms with van der Waals surface area (Å²) in [5.41, 5.74) is 6.72. The Morgan fingerprint density at radius 2 is 1.92 bits per heavy atom. The second-order valence-electron chi connectivity index (χ2n) is 9.12. The van der Waals surface area contributed by atoms with Crippen LogP contribution in [0.4, 0.5) is 5.00 Å². The van der Waals surface area contributed by atoms with Crippen LogP contribution < -0.4 is 10.6 Å². The van der Waals surface area contributed by atoms with Gasteiger partial charge in [-0.3, -0.25) is 19.4 Å². The summed E-state index contributed by atoms with van der Waals surface area (Å²) in [7, 11) is 0. The minimum Gasteiger partial charge on any atom is -0.480 e. The Labute approximate surface area is 214 Å². The molecule has 2 atom stereocenters. The smallest absolute Gasteiger partial charge is 0.326 e. The van der Waals surface area contributed by atoms with Crippen LogP contribution in [0.15, 0.2) is 60.0 Å². The fourth-order valence-electron chi connectivity index (χ4n) is 4.94. The highest BCUT2D eigenvalue weighted by atomic mass is 32.1. The number of hydrogen-bond acceptors (Lipinski definition) is 6. The summed E-state index contributed by atoms with van der Waals surface area (Å²) in [6.07, 6.45) is 1.73. The van der Waals surface area contributed by atoms with E-state index in [9.17, 15) is 19.5 Å². The molecule has 0 unspecified atom stereocenters. The number of carboxylic acids is 1. The van der Waals surface area contributed by atoms with Crippen LogP contribution in [0.1, 0.15) is 25.3 Å². The first-order valence-corrected chi connectivity index (χ1v) is 13.0. The van der Waals surface area contributed by atoms with Crippen LogP contribution in [0.25, 0.3) is 10.8 Å². The van der Waals surface area contributed by atoms with Crippen LogP contribution in [-0.4, -0.2) is 71.0 Å². The molecular formula is C27H32N4O4S. The van der Waals surface area contributed by atoms with Gasteiger partial charge in [0, 0.05) is 25.7 Å². The van der Waals surface area contributed by atoms with E-state index in [0.717, 1.165) is 29.2 Å². The van der Waals surface area contributed by atoms with Gasteiger partial charge in [0.2, 0.25) is 11.8 Å². The molecule has 0 spiro atoms. The summed E-state index contributed by atoms with van der Waals surface area (Å²) < 4.78 is 0. The Bertz CT molecular complexity index is 1210. The molecule has 0 bridgehead atoms. The van der Waals surface area contributed by atoms with Gasteiger partial charge in [0.25, 0.3) is 0 Å². The van der Waals surface area contributed by atoms with Crippen molar-refractivity contribution in [3.8, 4) is 0 Å². The third-order valence-electron chi connectivity index (χ3n) is 6.73. The number of carboxylic acid groups (broad SMARTS) is 1. The number of nitrogens with zero attached hydrogens (tertiary/aromatic N) is 3. The molecule has 3 N–H and O–H groups in total. The average molecular weight is 509 g/mol. The molecule has 2 aromatic carbocycles. The molecule has 2 heterocycles. The average Bonchev–Trinajstić information content (AvgIpc) is 3.56. The van der Waals surface area contributed by atoms with E-state index < -0.39 is 12.0 Å². The summed E-state index contributed by atoms with van der Waals surface area (Å²) in [5.74, 6) is -1.44.